The van der Waals surface area contributed by atoms with Crippen molar-refractivity contribution in [2.45, 2.75) is 88.8 Å². The van der Waals surface area contributed by atoms with Crippen LogP contribution in [0.4, 0.5) is 8.78 Å². The normalized spacial score (nSPS) is 26.2. The molecule has 0 aromatic heterocycles. The Hall–Kier alpha value is -1.19. The molecule has 32 heavy (non-hydrogen) atoms. The highest BCUT2D eigenvalue weighted by Crippen LogP contribution is 2.40. The Balaban J connectivity index is 1.24. The Labute approximate surface area is 199 Å². The van der Waals surface area contributed by atoms with E-state index in [0.29, 0.717) is 11.5 Å². The molecular weight excluding hydrogens is 438 g/mol. The molecule has 0 atom stereocenters. The van der Waals surface area contributed by atoms with Gasteiger partial charge in [0, 0.05) is 8.80 Å². The van der Waals surface area contributed by atoms with Gasteiger partial charge >= 0.3 is 0 Å². The maximum absolute atomic E-state index is 13.8. The number of benzene rings is 2. The molecule has 0 spiro atoms. The van der Waals surface area contributed by atoms with Crippen LogP contribution in [-0.2, 0) is 0 Å². The van der Waals surface area contributed by atoms with Gasteiger partial charge in [-0.1, -0.05) is 93.0 Å². The molecule has 1 aliphatic carbocycles. The highest BCUT2D eigenvalue weighted by atomic mass is 35.5. The van der Waals surface area contributed by atoms with E-state index in [-0.39, 0.29) is 8.80 Å². The molecule has 0 amide bonds. The predicted molar refractivity (Wildman–Crippen MR) is 135 cm³/mol. The van der Waals surface area contributed by atoms with Crippen LogP contribution in [0.25, 0.3) is 11.1 Å². The summed E-state index contributed by atoms with van der Waals surface area (Å²) in [6.07, 6.45) is 12.6. The van der Waals surface area contributed by atoms with E-state index in [2.05, 4.69) is 19.1 Å². The minimum absolute atomic E-state index is 0.342. The summed E-state index contributed by atoms with van der Waals surface area (Å²) in [6.45, 7) is 2.35. The van der Waals surface area contributed by atoms with E-state index >= 15 is 0 Å². The van der Waals surface area contributed by atoms with Crippen molar-refractivity contribution < 1.29 is 8.78 Å². The Kier molecular flexibility index (Phi) is 8.45. The van der Waals surface area contributed by atoms with Crippen LogP contribution < -0.4 is 0 Å². The van der Waals surface area contributed by atoms with Crippen LogP contribution in [0.5, 0.6) is 0 Å². The molecule has 2 aromatic carbocycles. The van der Waals surface area contributed by atoms with E-state index in [0.717, 1.165) is 17.4 Å². The fourth-order valence-corrected chi connectivity index (χ4v) is 9.82. The number of rotatable bonds is 7. The van der Waals surface area contributed by atoms with Crippen LogP contribution in [-0.4, -0.2) is 8.80 Å². The summed E-state index contributed by atoms with van der Waals surface area (Å²) in [7, 11) is -0.342. The average molecular weight is 475 g/mol. The topological polar surface area (TPSA) is 0 Å². The van der Waals surface area contributed by atoms with Gasteiger partial charge in [0.2, 0.25) is 0 Å². The quantitative estimate of drug-likeness (QED) is 0.277. The highest BCUT2D eigenvalue weighted by molar-refractivity contribution is 6.58. The van der Waals surface area contributed by atoms with Crippen LogP contribution in [0, 0.1) is 23.5 Å². The molecule has 0 radical (unpaired) electrons. The lowest BCUT2D eigenvalue weighted by Crippen LogP contribution is -2.22. The van der Waals surface area contributed by atoms with Crippen molar-refractivity contribution in [2.24, 2.45) is 11.8 Å². The van der Waals surface area contributed by atoms with Gasteiger partial charge in [-0.2, -0.15) is 0 Å². The Morgan fingerprint density at radius 2 is 1.38 bits per heavy atom. The van der Waals surface area contributed by atoms with Gasteiger partial charge in [0.15, 0.2) is 0 Å². The third kappa shape index (κ3) is 6.02. The van der Waals surface area contributed by atoms with Gasteiger partial charge in [-0.3, -0.25) is 0 Å². The van der Waals surface area contributed by atoms with Crippen molar-refractivity contribution in [3.8, 4) is 11.1 Å². The second kappa shape index (κ2) is 11.3. The summed E-state index contributed by atoms with van der Waals surface area (Å²) in [5.74, 6) is 1.13. The first-order chi connectivity index (χ1) is 15.5. The molecule has 1 saturated heterocycles. The third-order valence-electron chi connectivity index (χ3n) is 8.19. The van der Waals surface area contributed by atoms with Gasteiger partial charge in [0.05, 0.1) is 0 Å². The van der Waals surface area contributed by atoms with E-state index in [1.54, 1.807) is 18.1 Å². The highest BCUT2D eigenvalue weighted by Gasteiger charge is 2.25. The van der Waals surface area contributed by atoms with Crippen LogP contribution >= 0.6 is 11.6 Å². The number of hydrogen-bond donors (Lipinski definition) is 0. The maximum atomic E-state index is 13.8. The molecule has 2 aliphatic rings. The summed E-state index contributed by atoms with van der Waals surface area (Å²) in [5.41, 5.74) is 2.72. The molecule has 2 fully saturated rings. The molecule has 0 unspecified atom stereocenters. The summed E-state index contributed by atoms with van der Waals surface area (Å²) in [6, 6.07) is 15.7. The monoisotopic (exact) mass is 474 g/mol. The Morgan fingerprint density at radius 3 is 1.94 bits per heavy atom. The molecule has 4 rings (SSSR count). The van der Waals surface area contributed by atoms with Crippen molar-refractivity contribution in [3.05, 3.63) is 58.6 Å². The summed E-state index contributed by atoms with van der Waals surface area (Å²) < 4.78 is 27.6. The van der Waals surface area contributed by atoms with Crippen LogP contribution in [0.3, 0.4) is 0 Å². The van der Waals surface area contributed by atoms with Crippen molar-refractivity contribution in [1.82, 2.24) is 0 Å². The van der Waals surface area contributed by atoms with E-state index in [9.17, 15) is 8.78 Å². The molecular formula is C28H37ClF2Si. The van der Waals surface area contributed by atoms with Crippen molar-refractivity contribution in [2.75, 3.05) is 0 Å². The molecule has 2 aromatic rings. The molecule has 0 N–H and O–H groups in total. The van der Waals surface area contributed by atoms with E-state index in [4.69, 9.17) is 11.6 Å². The van der Waals surface area contributed by atoms with Gasteiger partial charge in [-0.15, -0.1) is 0 Å². The first-order valence-corrected chi connectivity index (χ1v) is 15.6. The van der Waals surface area contributed by atoms with Crippen molar-refractivity contribution in [1.29, 1.82) is 0 Å². The van der Waals surface area contributed by atoms with Crippen LogP contribution in [0.2, 0.25) is 23.2 Å². The van der Waals surface area contributed by atoms with Gasteiger partial charge in [0.25, 0.3) is 0 Å². The standard InChI is InChI=1S/C28H37ClF2Si/c1-2-15-32-16-13-21(14-17-32)4-3-20-5-7-22(8-6-20)23-9-11-24(12-10-23)25-18-26(30)28(29)27(31)19-25/h9-12,18-22,32H,2-8,13-17H2,1H3/t20?,21-,22?,32-. The molecule has 1 heterocycles. The van der Waals surface area contributed by atoms with Gasteiger partial charge in [-0.05, 0) is 72.3 Å². The number of hydrogen-bond acceptors (Lipinski definition) is 0. The van der Waals surface area contributed by atoms with E-state index in [1.165, 1.54) is 75.5 Å². The molecule has 0 bridgehead atoms. The van der Waals surface area contributed by atoms with Crippen molar-refractivity contribution >= 4 is 20.4 Å². The Morgan fingerprint density at radius 1 is 0.812 bits per heavy atom. The first kappa shape index (κ1) is 23.9. The fourth-order valence-electron chi connectivity index (χ4n) is 6.14. The van der Waals surface area contributed by atoms with E-state index in [1.807, 2.05) is 12.1 Å². The fraction of sp³-hybridized carbons (Fsp3) is 0.571. The summed E-state index contributed by atoms with van der Waals surface area (Å²) >= 11 is 5.61. The zero-order chi connectivity index (χ0) is 22.5. The van der Waals surface area contributed by atoms with Gasteiger partial charge in [-0.25, -0.2) is 8.78 Å². The van der Waals surface area contributed by atoms with Crippen molar-refractivity contribution in [3.63, 3.8) is 0 Å². The van der Waals surface area contributed by atoms with E-state index < -0.39 is 16.7 Å². The summed E-state index contributed by atoms with van der Waals surface area (Å²) in [4.78, 5) is 0. The van der Waals surface area contributed by atoms with Crippen LogP contribution in [0.1, 0.15) is 76.2 Å². The van der Waals surface area contributed by atoms with Gasteiger partial charge in [0.1, 0.15) is 16.7 Å². The molecule has 0 nitrogen and oxygen atoms in total. The lowest BCUT2D eigenvalue weighted by molar-refractivity contribution is 0.280. The SMILES string of the molecule is CCC[Si@H]1CC[C@H](CCC2CCC(c3ccc(-c4cc(F)c(Cl)c(F)c4)cc3)CC2)CC1. The second-order valence-electron chi connectivity index (χ2n) is 10.3. The zero-order valence-electron chi connectivity index (χ0n) is 19.4. The summed E-state index contributed by atoms with van der Waals surface area (Å²) in [5, 5.41) is -0.437. The lowest BCUT2D eigenvalue weighted by atomic mass is 9.76. The maximum Gasteiger partial charge on any atom is 0.145 e. The van der Waals surface area contributed by atoms with Gasteiger partial charge < -0.3 is 0 Å². The molecule has 4 heteroatoms. The minimum atomic E-state index is -0.708. The molecule has 1 aliphatic heterocycles. The molecule has 1 saturated carbocycles. The second-order valence-corrected chi connectivity index (χ2v) is 14.2. The van der Waals surface area contributed by atoms with Crippen LogP contribution in [0.15, 0.2) is 36.4 Å². The minimum Gasteiger partial charge on any atom is -0.205 e. The molecule has 174 valence electrons. The predicted octanol–water partition coefficient (Wildman–Crippen LogP) is 9.39. The zero-order valence-corrected chi connectivity index (χ0v) is 21.3. The lowest BCUT2D eigenvalue weighted by Gasteiger charge is -2.32. The smallest absolute Gasteiger partial charge is 0.145 e. The Bertz CT molecular complexity index is 842. The third-order valence-corrected chi connectivity index (χ3v) is 12.2. The largest absolute Gasteiger partial charge is 0.205 e. The number of halogens is 3. The first-order valence-electron chi connectivity index (χ1n) is 12.8. The average Bonchev–Trinajstić information content (AvgIpc) is 2.82.